The smallest absolute Gasteiger partial charge is 0.124 e. The minimum atomic E-state index is 1.04. The van der Waals surface area contributed by atoms with Crippen LogP contribution in [-0.2, 0) is 6.42 Å². The average molecular weight is 178 g/mol. The lowest BCUT2D eigenvalue weighted by molar-refractivity contribution is 0.408. The Balaban J connectivity index is 3.39. The summed E-state index contributed by atoms with van der Waals surface area (Å²) >= 11 is 0. The van der Waals surface area contributed by atoms with E-state index in [1.807, 2.05) is 0 Å². The maximum Gasteiger partial charge on any atom is 0.124 e. The molecular formula is C12H18O. The molecule has 0 fully saturated rings. The van der Waals surface area contributed by atoms with Crippen LogP contribution in [0.4, 0.5) is 0 Å². The van der Waals surface area contributed by atoms with Gasteiger partial charge in [0.05, 0.1) is 7.11 Å². The van der Waals surface area contributed by atoms with Gasteiger partial charge in [0.25, 0.3) is 0 Å². The van der Waals surface area contributed by atoms with Crippen LogP contribution in [-0.4, -0.2) is 7.11 Å². The van der Waals surface area contributed by atoms with Crippen molar-refractivity contribution in [3.8, 4) is 5.75 Å². The summed E-state index contributed by atoms with van der Waals surface area (Å²) < 4.78 is 5.37. The van der Waals surface area contributed by atoms with Gasteiger partial charge in [-0.2, -0.15) is 0 Å². The van der Waals surface area contributed by atoms with E-state index in [0.717, 1.165) is 12.2 Å². The molecule has 1 aromatic carbocycles. The Morgan fingerprint density at radius 3 is 2.23 bits per heavy atom. The summed E-state index contributed by atoms with van der Waals surface area (Å²) in [7, 11) is 1.74. The number of ether oxygens (including phenoxy) is 1. The van der Waals surface area contributed by atoms with Crippen LogP contribution in [0.2, 0.25) is 0 Å². The molecule has 72 valence electrons. The molecule has 0 amide bonds. The lowest BCUT2D eigenvalue weighted by Gasteiger charge is -2.14. The monoisotopic (exact) mass is 178 g/mol. The predicted molar refractivity (Wildman–Crippen MR) is 56.6 cm³/mol. The number of hydrogen-bond acceptors (Lipinski definition) is 1. The molecule has 0 spiro atoms. The molecular weight excluding hydrogens is 160 g/mol. The van der Waals surface area contributed by atoms with E-state index in [-0.39, 0.29) is 0 Å². The normalized spacial score (nSPS) is 10.2. The van der Waals surface area contributed by atoms with E-state index in [2.05, 4.69) is 33.8 Å². The third-order valence-corrected chi connectivity index (χ3v) is 2.62. The summed E-state index contributed by atoms with van der Waals surface area (Å²) in [6, 6.07) is 2.20. The van der Waals surface area contributed by atoms with Crippen molar-refractivity contribution in [2.45, 2.75) is 34.1 Å². The molecule has 0 aliphatic carbocycles. The number of hydrogen-bond donors (Lipinski definition) is 0. The van der Waals surface area contributed by atoms with Crippen LogP contribution in [0.25, 0.3) is 0 Å². The zero-order valence-corrected chi connectivity index (χ0v) is 9.19. The molecule has 0 bridgehead atoms. The standard InChI is InChI=1S/C12H18O/c1-6-11-8(2)7-9(3)12(13-5)10(11)4/h7H,6H2,1-5H3. The first kappa shape index (κ1) is 10.1. The van der Waals surface area contributed by atoms with Gasteiger partial charge in [-0.25, -0.2) is 0 Å². The molecule has 1 nitrogen and oxygen atoms in total. The molecule has 0 saturated heterocycles. The van der Waals surface area contributed by atoms with Gasteiger partial charge in [0, 0.05) is 0 Å². The van der Waals surface area contributed by atoms with Crippen LogP contribution in [0.15, 0.2) is 6.07 Å². The van der Waals surface area contributed by atoms with E-state index in [0.29, 0.717) is 0 Å². The molecule has 0 atom stereocenters. The number of methoxy groups -OCH3 is 1. The van der Waals surface area contributed by atoms with Gasteiger partial charge >= 0.3 is 0 Å². The van der Waals surface area contributed by atoms with Gasteiger partial charge in [0.15, 0.2) is 0 Å². The summed E-state index contributed by atoms with van der Waals surface area (Å²) in [6.07, 6.45) is 1.08. The minimum absolute atomic E-state index is 1.04. The van der Waals surface area contributed by atoms with Gasteiger partial charge < -0.3 is 4.74 Å². The van der Waals surface area contributed by atoms with Gasteiger partial charge in [-0.1, -0.05) is 13.0 Å². The third kappa shape index (κ3) is 1.69. The Kier molecular flexibility index (Phi) is 2.97. The Bertz CT molecular complexity index is 285. The molecule has 0 unspecified atom stereocenters. The Hall–Kier alpha value is -0.980. The molecule has 0 aliphatic rings. The van der Waals surface area contributed by atoms with Crippen molar-refractivity contribution in [2.24, 2.45) is 0 Å². The van der Waals surface area contributed by atoms with Gasteiger partial charge in [-0.15, -0.1) is 0 Å². The first-order chi connectivity index (χ1) is 6.11. The SMILES string of the molecule is CCc1c(C)cc(C)c(OC)c1C. The van der Waals surface area contributed by atoms with E-state index in [1.165, 1.54) is 22.3 Å². The van der Waals surface area contributed by atoms with Gasteiger partial charge in [0.1, 0.15) is 5.75 Å². The number of aryl methyl sites for hydroxylation is 2. The van der Waals surface area contributed by atoms with Crippen LogP contribution in [0, 0.1) is 20.8 Å². The van der Waals surface area contributed by atoms with Gasteiger partial charge in [-0.05, 0) is 49.4 Å². The van der Waals surface area contributed by atoms with E-state index < -0.39 is 0 Å². The molecule has 0 heterocycles. The summed E-state index contributed by atoms with van der Waals surface area (Å²) in [5.74, 6) is 1.04. The van der Waals surface area contributed by atoms with Gasteiger partial charge in [0.2, 0.25) is 0 Å². The highest BCUT2D eigenvalue weighted by Crippen LogP contribution is 2.28. The Labute approximate surface area is 80.7 Å². The molecule has 1 aromatic rings. The Morgan fingerprint density at radius 1 is 1.15 bits per heavy atom. The van der Waals surface area contributed by atoms with Crippen molar-refractivity contribution in [1.29, 1.82) is 0 Å². The fraction of sp³-hybridized carbons (Fsp3) is 0.500. The van der Waals surface area contributed by atoms with Crippen LogP contribution in [0.1, 0.15) is 29.2 Å². The zero-order valence-electron chi connectivity index (χ0n) is 9.19. The molecule has 0 N–H and O–H groups in total. The maximum atomic E-state index is 5.37. The molecule has 13 heavy (non-hydrogen) atoms. The quantitative estimate of drug-likeness (QED) is 0.675. The first-order valence-electron chi connectivity index (χ1n) is 4.75. The predicted octanol–water partition coefficient (Wildman–Crippen LogP) is 3.18. The summed E-state index contributed by atoms with van der Waals surface area (Å²) in [4.78, 5) is 0. The fourth-order valence-corrected chi connectivity index (χ4v) is 2.06. The third-order valence-electron chi connectivity index (χ3n) is 2.62. The van der Waals surface area contributed by atoms with Crippen molar-refractivity contribution in [3.05, 3.63) is 28.3 Å². The molecule has 0 aliphatic heterocycles. The molecule has 1 heteroatoms. The highest BCUT2D eigenvalue weighted by Gasteiger charge is 2.09. The fourth-order valence-electron chi connectivity index (χ4n) is 2.06. The summed E-state index contributed by atoms with van der Waals surface area (Å²) in [5, 5.41) is 0. The summed E-state index contributed by atoms with van der Waals surface area (Å²) in [6.45, 7) is 8.58. The second-order valence-corrected chi connectivity index (χ2v) is 3.50. The Morgan fingerprint density at radius 2 is 1.77 bits per heavy atom. The van der Waals surface area contributed by atoms with Crippen molar-refractivity contribution < 1.29 is 4.74 Å². The number of rotatable bonds is 2. The van der Waals surface area contributed by atoms with Crippen molar-refractivity contribution in [1.82, 2.24) is 0 Å². The first-order valence-corrected chi connectivity index (χ1v) is 4.75. The topological polar surface area (TPSA) is 9.23 Å². The van der Waals surface area contributed by atoms with Crippen LogP contribution < -0.4 is 4.74 Å². The van der Waals surface area contributed by atoms with Crippen molar-refractivity contribution in [2.75, 3.05) is 7.11 Å². The van der Waals surface area contributed by atoms with E-state index in [9.17, 15) is 0 Å². The molecule has 0 saturated carbocycles. The molecule has 1 rings (SSSR count). The maximum absolute atomic E-state index is 5.37. The van der Waals surface area contributed by atoms with Crippen LogP contribution >= 0.6 is 0 Å². The molecule has 0 radical (unpaired) electrons. The second kappa shape index (κ2) is 3.82. The van der Waals surface area contributed by atoms with E-state index >= 15 is 0 Å². The second-order valence-electron chi connectivity index (χ2n) is 3.50. The summed E-state index contributed by atoms with van der Waals surface area (Å²) in [5.41, 5.74) is 5.32. The highest BCUT2D eigenvalue weighted by molar-refractivity contribution is 5.49. The lowest BCUT2D eigenvalue weighted by atomic mass is 9.97. The van der Waals surface area contributed by atoms with Crippen molar-refractivity contribution in [3.63, 3.8) is 0 Å². The van der Waals surface area contributed by atoms with Crippen LogP contribution in [0.5, 0.6) is 5.75 Å². The molecule has 0 aromatic heterocycles. The van der Waals surface area contributed by atoms with Gasteiger partial charge in [-0.3, -0.25) is 0 Å². The van der Waals surface area contributed by atoms with Crippen LogP contribution in [0.3, 0.4) is 0 Å². The van der Waals surface area contributed by atoms with Crippen molar-refractivity contribution >= 4 is 0 Å². The largest absolute Gasteiger partial charge is 0.496 e. The highest BCUT2D eigenvalue weighted by atomic mass is 16.5. The van der Waals surface area contributed by atoms with E-state index in [1.54, 1.807) is 7.11 Å². The zero-order chi connectivity index (χ0) is 10.0. The number of benzene rings is 1. The van der Waals surface area contributed by atoms with E-state index in [4.69, 9.17) is 4.74 Å². The minimum Gasteiger partial charge on any atom is -0.496 e. The average Bonchev–Trinajstić information content (AvgIpc) is 2.04. The lowest BCUT2D eigenvalue weighted by Crippen LogP contribution is -1.98.